The van der Waals surface area contributed by atoms with Gasteiger partial charge in [-0.3, -0.25) is 9.59 Å². The van der Waals surface area contributed by atoms with Gasteiger partial charge in [-0.05, 0) is 48.7 Å². The third-order valence-electron chi connectivity index (χ3n) is 5.47. The van der Waals surface area contributed by atoms with E-state index in [9.17, 15) is 18.0 Å². The van der Waals surface area contributed by atoms with Crippen LogP contribution >= 0.6 is 22.9 Å². The molecule has 1 saturated heterocycles. The first-order valence-corrected chi connectivity index (χ1v) is 12.7. The molecule has 1 aliphatic heterocycles. The summed E-state index contributed by atoms with van der Waals surface area (Å²) in [4.78, 5) is 24.6. The maximum absolute atomic E-state index is 12.9. The molecule has 3 aromatic rings. The van der Waals surface area contributed by atoms with Gasteiger partial charge in [0.05, 0.1) is 21.9 Å². The predicted molar refractivity (Wildman–Crippen MR) is 124 cm³/mol. The fourth-order valence-electron chi connectivity index (χ4n) is 3.75. The molecule has 0 spiro atoms. The lowest BCUT2D eigenvalue weighted by Crippen LogP contribution is -2.44. The summed E-state index contributed by atoms with van der Waals surface area (Å²) in [5.74, 6) is -0.768. The average Bonchev–Trinajstić information content (AvgIpc) is 3.03. The molecule has 2 aromatic carbocycles. The summed E-state index contributed by atoms with van der Waals surface area (Å²) in [5, 5.41) is 3.43. The van der Waals surface area contributed by atoms with Crippen LogP contribution in [0.4, 0.5) is 5.69 Å². The molecular weight excluding hydrogens is 458 g/mol. The second-order valence-electron chi connectivity index (χ2n) is 7.68. The van der Waals surface area contributed by atoms with Gasteiger partial charge in [0.2, 0.25) is 15.9 Å². The minimum atomic E-state index is -3.54. The molecular formula is C21H22ClN3O4S2. The highest BCUT2D eigenvalue weighted by Crippen LogP contribution is 2.25. The van der Waals surface area contributed by atoms with E-state index in [1.165, 1.54) is 4.31 Å². The van der Waals surface area contributed by atoms with Crippen molar-refractivity contribution >= 4 is 54.8 Å². The van der Waals surface area contributed by atoms with Gasteiger partial charge in [-0.1, -0.05) is 35.1 Å². The van der Waals surface area contributed by atoms with Crippen molar-refractivity contribution in [2.75, 3.05) is 18.4 Å². The normalized spacial score (nSPS) is 17.7. The number of hydrogen-bond donors (Lipinski definition) is 1. The Hall–Kier alpha value is -2.20. The largest absolute Gasteiger partial charge is 0.326 e. The van der Waals surface area contributed by atoms with E-state index in [2.05, 4.69) is 5.32 Å². The maximum atomic E-state index is 12.9. The third-order valence-corrected chi connectivity index (χ3v) is 8.53. The molecule has 1 N–H and O–H groups in total. The Morgan fingerprint density at radius 2 is 1.97 bits per heavy atom. The van der Waals surface area contributed by atoms with Crippen molar-refractivity contribution in [1.29, 1.82) is 0 Å². The van der Waals surface area contributed by atoms with Crippen LogP contribution in [-0.4, -0.2) is 36.3 Å². The zero-order valence-corrected chi connectivity index (χ0v) is 19.3. The van der Waals surface area contributed by atoms with Gasteiger partial charge in [0.1, 0.15) is 0 Å². The van der Waals surface area contributed by atoms with Crippen molar-refractivity contribution in [3.8, 4) is 0 Å². The molecule has 0 saturated carbocycles. The van der Waals surface area contributed by atoms with Crippen LogP contribution < -0.4 is 10.2 Å². The van der Waals surface area contributed by atoms with Crippen molar-refractivity contribution in [3.05, 3.63) is 62.7 Å². The number of aryl methyl sites for hydroxylation is 1. The molecule has 1 amide bonds. The highest BCUT2D eigenvalue weighted by Gasteiger charge is 2.32. The van der Waals surface area contributed by atoms with Crippen molar-refractivity contribution in [3.63, 3.8) is 0 Å². The minimum absolute atomic E-state index is 0.0627. The zero-order chi connectivity index (χ0) is 22.2. The van der Waals surface area contributed by atoms with Crippen LogP contribution in [0.2, 0.25) is 5.02 Å². The monoisotopic (exact) mass is 479 g/mol. The van der Waals surface area contributed by atoms with Gasteiger partial charge in [-0.15, -0.1) is 0 Å². The van der Waals surface area contributed by atoms with E-state index in [-0.39, 0.29) is 23.1 Å². The van der Waals surface area contributed by atoms with Gasteiger partial charge in [-0.2, -0.15) is 0 Å². The third kappa shape index (κ3) is 4.85. The zero-order valence-electron chi connectivity index (χ0n) is 16.9. The number of piperidine rings is 1. The molecule has 31 heavy (non-hydrogen) atoms. The Kier molecular flexibility index (Phi) is 6.20. The number of carbonyl (C=O) groups excluding carboxylic acids is 1. The summed E-state index contributed by atoms with van der Waals surface area (Å²) in [6, 6.07) is 12.1. The van der Waals surface area contributed by atoms with Crippen LogP contribution in [0, 0.1) is 5.92 Å². The number of rotatable bonds is 5. The van der Waals surface area contributed by atoms with Crippen LogP contribution in [0.3, 0.4) is 0 Å². The number of halogens is 1. The van der Waals surface area contributed by atoms with Crippen LogP contribution in [-0.2, 0) is 27.6 Å². The summed E-state index contributed by atoms with van der Waals surface area (Å²) in [6.07, 6.45) is 1.25. The summed E-state index contributed by atoms with van der Waals surface area (Å²) in [5.41, 5.74) is 2.07. The molecule has 0 bridgehead atoms. The predicted octanol–water partition coefficient (Wildman–Crippen LogP) is 3.43. The van der Waals surface area contributed by atoms with E-state index in [0.717, 1.165) is 21.6 Å². The van der Waals surface area contributed by atoms with Crippen LogP contribution in [0.15, 0.2) is 47.3 Å². The Morgan fingerprint density at radius 1 is 1.23 bits per heavy atom. The number of fused-ring (bicyclic) bond motifs is 1. The van der Waals surface area contributed by atoms with Gasteiger partial charge in [0, 0.05) is 30.8 Å². The molecule has 0 radical (unpaired) electrons. The van der Waals surface area contributed by atoms with Crippen LogP contribution in [0.5, 0.6) is 0 Å². The number of amides is 1. The molecule has 2 heterocycles. The first-order chi connectivity index (χ1) is 14.7. The van der Waals surface area contributed by atoms with Gasteiger partial charge < -0.3 is 9.88 Å². The number of carbonyl (C=O) groups is 1. The standard InChI is InChI=1S/C21H22ClN3O4S2/c1-24-18-9-8-17(11-19(18)30-21(24)27)23-20(26)15-3-2-10-25(12-15)31(28,29)13-14-4-6-16(22)7-5-14/h4-9,11,15H,2-3,10,12-13H2,1H3,(H,23,26). The fourth-order valence-corrected chi connectivity index (χ4v) is 6.40. The molecule has 1 aliphatic rings. The van der Waals surface area contributed by atoms with E-state index >= 15 is 0 Å². The number of nitrogens with one attached hydrogen (secondary N) is 1. The first-order valence-electron chi connectivity index (χ1n) is 9.86. The van der Waals surface area contributed by atoms with E-state index < -0.39 is 15.9 Å². The molecule has 164 valence electrons. The number of anilines is 1. The average molecular weight is 480 g/mol. The summed E-state index contributed by atoms with van der Waals surface area (Å²) < 4.78 is 29.5. The quantitative estimate of drug-likeness (QED) is 0.607. The number of sulfonamides is 1. The van der Waals surface area contributed by atoms with Gasteiger partial charge >= 0.3 is 4.87 Å². The molecule has 1 aromatic heterocycles. The first kappa shape index (κ1) is 22.0. The summed E-state index contributed by atoms with van der Waals surface area (Å²) in [7, 11) is -1.84. The smallest absolute Gasteiger partial charge is 0.307 e. The summed E-state index contributed by atoms with van der Waals surface area (Å²) >= 11 is 6.99. The number of hydrogen-bond acceptors (Lipinski definition) is 5. The van der Waals surface area contributed by atoms with Crippen molar-refractivity contribution < 1.29 is 13.2 Å². The lowest BCUT2D eigenvalue weighted by atomic mass is 9.98. The van der Waals surface area contributed by atoms with Crippen molar-refractivity contribution in [2.45, 2.75) is 18.6 Å². The van der Waals surface area contributed by atoms with E-state index in [4.69, 9.17) is 11.6 Å². The Morgan fingerprint density at radius 3 is 2.71 bits per heavy atom. The lowest BCUT2D eigenvalue weighted by Gasteiger charge is -2.31. The molecule has 10 heteroatoms. The van der Waals surface area contributed by atoms with Gasteiger partial charge in [0.15, 0.2) is 0 Å². The second kappa shape index (κ2) is 8.74. The maximum Gasteiger partial charge on any atom is 0.307 e. The highest BCUT2D eigenvalue weighted by molar-refractivity contribution is 7.88. The Bertz CT molecular complexity index is 1280. The van der Waals surface area contributed by atoms with Crippen molar-refractivity contribution in [1.82, 2.24) is 8.87 Å². The Labute approximate surface area is 189 Å². The molecule has 0 aliphatic carbocycles. The van der Waals surface area contributed by atoms with Crippen LogP contribution in [0.1, 0.15) is 18.4 Å². The van der Waals surface area contributed by atoms with E-state index in [1.54, 1.807) is 54.1 Å². The molecule has 7 nitrogen and oxygen atoms in total. The fraction of sp³-hybridized carbons (Fsp3) is 0.333. The molecule has 4 rings (SSSR count). The molecule has 1 unspecified atom stereocenters. The Balaban J connectivity index is 1.44. The topological polar surface area (TPSA) is 88.5 Å². The lowest BCUT2D eigenvalue weighted by molar-refractivity contribution is -0.120. The van der Waals surface area contributed by atoms with Gasteiger partial charge in [0.25, 0.3) is 0 Å². The molecule has 1 atom stereocenters. The van der Waals surface area contributed by atoms with E-state index in [0.29, 0.717) is 35.7 Å². The summed E-state index contributed by atoms with van der Waals surface area (Å²) in [6.45, 7) is 0.562. The van der Waals surface area contributed by atoms with Crippen molar-refractivity contribution in [2.24, 2.45) is 13.0 Å². The molecule has 1 fully saturated rings. The van der Waals surface area contributed by atoms with Crippen LogP contribution in [0.25, 0.3) is 10.2 Å². The number of benzene rings is 2. The number of nitrogens with zero attached hydrogens (tertiary/aromatic N) is 2. The second-order valence-corrected chi connectivity index (χ2v) is 11.1. The minimum Gasteiger partial charge on any atom is -0.326 e. The number of thiazole rings is 1. The van der Waals surface area contributed by atoms with E-state index in [1.807, 2.05) is 0 Å². The SMILES string of the molecule is Cn1c(=O)sc2cc(NC(=O)C3CCCN(S(=O)(=O)Cc4ccc(Cl)cc4)C3)ccc21. The highest BCUT2D eigenvalue weighted by atomic mass is 35.5. The number of aromatic nitrogens is 1. The van der Waals surface area contributed by atoms with Gasteiger partial charge in [-0.25, -0.2) is 12.7 Å².